The molecular formula is C29H32BrNO4. The molecule has 2 fully saturated rings. The molecule has 2 aromatic rings. The second-order valence-corrected chi connectivity index (χ2v) is 13.0. The molecule has 6 heteroatoms. The van der Waals surface area contributed by atoms with Gasteiger partial charge in [0, 0.05) is 39.9 Å². The highest BCUT2D eigenvalue weighted by atomic mass is 79.9. The van der Waals surface area contributed by atoms with Crippen LogP contribution in [0, 0.1) is 22.7 Å². The first-order valence-electron chi connectivity index (χ1n) is 12.6. The lowest BCUT2D eigenvalue weighted by atomic mass is 9.44. The molecule has 2 aromatic carbocycles. The number of halogens is 1. The first-order chi connectivity index (χ1) is 16.5. The number of alkyl halides is 1. The standard InChI is InChI=1S/C29H32BrNO4/c1-15-9-12-21-27(2,3)25(33)19(30)14-29(21)28(15,4)13-16-10-11-18-22(24(16)35-29)23(31-26(18)34)17-7-5-6-8-20(17)32/h5-8,10-11,15,19,21,23,32H,9,12-14H2,1-4H3,(H,31,34)/t15-,19+,21-,23+,28+,29-/m0/s1. The molecule has 2 aliphatic heterocycles. The summed E-state index contributed by atoms with van der Waals surface area (Å²) in [5.41, 5.74) is 1.96. The quantitative estimate of drug-likeness (QED) is 0.456. The first-order valence-corrected chi connectivity index (χ1v) is 13.5. The molecule has 6 atom stereocenters. The van der Waals surface area contributed by atoms with Crippen LogP contribution in [0.25, 0.3) is 0 Å². The third-order valence-corrected chi connectivity index (χ3v) is 10.7. The Kier molecular flexibility index (Phi) is 4.84. The summed E-state index contributed by atoms with van der Waals surface area (Å²) >= 11 is 3.73. The van der Waals surface area contributed by atoms with Crippen molar-refractivity contribution in [3.05, 3.63) is 58.7 Å². The van der Waals surface area contributed by atoms with Crippen molar-refractivity contribution in [1.29, 1.82) is 0 Å². The predicted octanol–water partition coefficient (Wildman–Crippen LogP) is 5.71. The van der Waals surface area contributed by atoms with E-state index in [9.17, 15) is 14.7 Å². The van der Waals surface area contributed by atoms with E-state index in [1.165, 1.54) is 0 Å². The lowest BCUT2D eigenvalue weighted by Crippen LogP contribution is -2.71. The fourth-order valence-corrected chi connectivity index (χ4v) is 8.87. The summed E-state index contributed by atoms with van der Waals surface area (Å²) in [5.74, 6) is 1.51. The van der Waals surface area contributed by atoms with E-state index in [4.69, 9.17) is 4.74 Å². The fourth-order valence-electron chi connectivity index (χ4n) is 7.80. The average molecular weight is 538 g/mol. The van der Waals surface area contributed by atoms with Crippen LogP contribution in [0.3, 0.4) is 0 Å². The van der Waals surface area contributed by atoms with Crippen LogP contribution in [0.2, 0.25) is 0 Å². The van der Waals surface area contributed by atoms with Crippen LogP contribution in [-0.2, 0) is 11.2 Å². The van der Waals surface area contributed by atoms with Crippen molar-refractivity contribution in [2.75, 3.05) is 0 Å². The van der Waals surface area contributed by atoms with Gasteiger partial charge in [-0.25, -0.2) is 0 Å². The molecule has 4 aliphatic rings. The third-order valence-electron chi connectivity index (χ3n) is 9.95. The van der Waals surface area contributed by atoms with Gasteiger partial charge in [-0.2, -0.15) is 0 Å². The Labute approximate surface area is 214 Å². The van der Waals surface area contributed by atoms with Gasteiger partial charge in [0.2, 0.25) is 0 Å². The van der Waals surface area contributed by atoms with Crippen LogP contribution in [0.4, 0.5) is 0 Å². The largest absolute Gasteiger partial charge is 0.508 e. The van der Waals surface area contributed by atoms with Gasteiger partial charge in [0.05, 0.1) is 10.9 Å². The van der Waals surface area contributed by atoms with Gasteiger partial charge in [0.25, 0.3) is 5.91 Å². The molecule has 1 spiro atoms. The predicted molar refractivity (Wildman–Crippen MR) is 137 cm³/mol. The normalized spacial score (nSPS) is 36.8. The summed E-state index contributed by atoms with van der Waals surface area (Å²) in [6, 6.07) is 10.6. The number of nitrogens with one attached hydrogen (secondary N) is 1. The van der Waals surface area contributed by atoms with Crippen LogP contribution < -0.4 is 10.1 Å². The minimum absolute atomic E-state index is 0.0788. The average Bonchev–Trinajstić information content (AvgIpc) is 3.14. The number of para-hydroxylation sites is 1. The number of hydrogen-bond donors (Lipinski definition) is 2. The number of hydrogen-bond acceptors (Lipinski definition) is 4. The maximum absolute atomic E-state index is 13.3. The van der Waals surface area contributed by atoms with E-state index in [1.807, 2.05) is 24.3 Å². The highest BCUT2D eigenvalue weighted by Gasteiger charge is 2.69. The van der Waals surface area contributed by atoms with E-state index >= 15 is 0 Å². The summed E-state index contributed by atoms with van der Waals surface area (Å²) in [6.45, 7) is 8.82. The Morgan fingerprint density at radius 2 is 1.83 bits per heavy atom. The topological polar surface area (TPSA) is 75.6 Å². The number of Topliss-reactive ketones (excluding diaryl/α,β-unsaturated/α-hetero) is 1. The second-order valence-electron chi connectivity index (χ2n) is 11.9. The molecule has 35 heavy (non-hydrogen) atoms. The molecule has 0 unspecified atom stereocenters. The Hall–Kier alpha value is -2.34. The van der Waals surface area contributed by atoms with Crippen molar-refractivity contribution in [2.45, 2.75) is 69.8 Å². The number of carbonyl (C=O) groups excluding carboxylic acids is 2. The lowest BCUT2D eigenvalue weighted by Gasteiger charge is -2.66. The van der Waals surface area contributed by atoms with E-state index in [0.717, 1.165) is 36.1 Å². The van der Waals surface area contributed by atoms with Gasteiger partial charge in [0.1, 0.15) is 17.1 Å². The van der Waals surface area contributed by atoms with Gasteiger partial charge >= 0.3 is 0 Å². The number of phenols is 1. The summed E-state index contributed by atoms with van der Waals surface area (Å²) in [4.78, 5) is 26.1. The van der Waals surface area contributed by atoms with Gasteiger partial charge in [-0.3, -0.25) is 9.59 Å². The number of rotatable bonds is 1. The maximum atomic E-state index is 13.3. The highest BCUT2D eigenvalue weighted by molar-refractivity contribution is 9.10. The maximum Gasteiger partial charge on any atom is 0.252 e. The molecule has 1 amide bonds. The van der Waals surface area contributed by atoms with Crippen molar-refractivity contribution in [1.82, 2.24) is 5.32 Å². The smallest absolute Gasteiger partial charge is 0.252 e. The monoisotopic (exact) mass is 537 g/mol. The molecule has 2 heterocycles. The van der Waals surface area contributed by atoms with Gasteiger partial charge in [-0.05, 0) is 42.9 Å². The van der Waals surface area contributed by atoms with E-state index in [-0.39, 0.29) is 33.6 Å². The number of fused-ring (bicyclic) bond motifs is 3. The second kappa shape index (κ2) is 7.34. The zero-order valence-electron chi connectivity index (χ0n) is 20.7. The van der Waals surface area contributed by atoms with Crippen LogP contribution >= 0.6 is 15.9 Å². The molecule has 5 nitrogen and oxygen atoms in total. The Balaban J connectivity index is 1.58. The van der Waals surface area contributed by atoms with Gasteiger partial charge in [0.15, 0.2) is 5.78 Å². The number of ketones is 1. The van der Waals surface area contributed by atoms with Crippen LogP contribution in [0.5, 0.6) is 11.5 Å². The molecule has 0 saturated heterocycles. The van der Waals surface area contributed by atoms with Crippen LogP contribution in [0.15, 0.2) is 36.4 Å². The number of amides is 1. The molecule has 2 N–H and O–H groups in total. The van der Waals surface area contributed by atoms with Gasteiger partial charge in [-0.15, -0.1) is 0 Å². The molecule has 2 saturated carbocycles. The molecule has 0 radical (unpaired) electrons. The van der Waals surface area contributed by atoms with Crippen molar-refractivity contribution in [3.63, 3.8) is 0 Å². The van der Waals surface area contributed by atoms with Crippen molar-refractivity contribution < 1.29 is 19.4 Å². The summed E-state index contributed by atoms with van der Waals surface area (Å²) in [6.07, 6.45) is 3.46. The van der Waals surface area contributed by atoms with Crippen LogP contribution in [-0.4, -0.2) is 27.2 Å². The molecule has 0 bridgehead atoms. The zero-order chi connectivity index (χ0) is 24.9. The SMILES string of the molecule is C[C@H]1CC[C@H]2C(C)(C)C(=O)[C@H](Br)C[C@]23Oc2c(ccc4c2[C@@H](c2ccccc2O)NC4=O)C[C@]13C. The number of phenolic OH excluding ortho intramolecular Hbond substituents is 1. The van der Waals surface area contributed by atoms with E-state index in [1.54, 1.807) is 12.1 Å². The number of ether oxygens (including phenoxy) is 1. The minimum atomic E-state index is -0.534. The highest BCUT2D eigenvalue weighted by Crippen LogP contribution is 2.66. The minimum Gasteiger partial charge on any atom is -0.508 e. The van der Waals surface area contributed by atoms with Crippen LogP contribution in [0.1, 0.15) is 80.0 Å². The fraction of sp³-hybridized carbons (Fsp3) is 0.517. The number of benzene rings is 2. The Morgan fingerprint density at radius 3 is 2.57 bits per heavy atom. The van der Waals surface area contributed by atoms with E-state index in [0.29, 0.717) is 23.5 Å². The van der Waals surface area contributed by atoms with Gasteiger partial charge < -0.3 is 15.2 Å². The van der Waals surface area contributed by atoms with Crippen molar-refractivity contribution in [3.8, 4) is 11.5 Å². The Morgan fingerprint density at radius 1 is 1.09 bits per heavy atom. The first kappa shape index (κ1) is 23.1. The lowest BCUT2D eigenvalue weighted by molar-refractivity contribution is -0.207. The Bertz CT molecular complexity index is 1270. The molecule has 2 aliphatic carbocycles. The zero-order valence-corrected chi connectivity index (χ0v) is 22.2. The van der Waals surface area contributed by atoms with Crippen molar-refractivity contribution in [2.24, 2.45) is 22.7 Å². The van der Waals surface area contributed by atoms with E-state index < -0.39 is 17.1 Å². The summed E-state index contributed by atoms with van der Waals surface area (Å²) in [5, 5.41) is 13.7. The summed E-state index contributed by atoms with van der Waals surface area (Å²) < 4.78 is 7.28. The molecule has 6 rings (SSSR count). The van der Waals surface area contributed by atoms with E-state index in [2.05, 4.69) is 48.9 Å². The molecule has 0 aromatic heterocycles. The molecule has 184 valence electrons. The third kappa shape index (κ3) is 2.86. The number of carbonyl (C=O) groups is 2. The molecular weight excluding hydrogens is 506 g/mol. The van der Waals surface area contributed by atoms with Crippen molar-refractivity contribution >= 4 is 27.6 Å². The number of aromatic hydroxyl groups is 1. The van der Waals surface area contributed by atoms with Gasteiger partial charge in [-0.1, -0.05) is 67.9 Å². The summed E-state index contributed by atoms with van der Waals surface area (Å²) in [7, 11) is 0.